The topological polar surface area (TPSA) is 98.2 Å². The molecule has 0 bridgehead atoms. The van der Waals surface area contributed by atoms with Crippen molar-refractivity contribution in [2.75, 3.05) is 11.8 Å². The third-order valence-electron chi connectivity index (χ3n) is 3.11. The number of sulfonamides is 1. The SMILES string of the molecule is CCC(C(=O)OC)c1cncc(NS(=O)(=O)C2CC2)n1. The zero-order valence-electron chi connectivity index (χ0n) is 11.4. The lowest BCUT2D eigenvalue weighted by Crippen LogP contribution is -2.20. The molecule has 1 aromatic rings. The Labute approximate surface area is 117 Å². The predicted molar refractivity (Wildman–Crippen MR) is 72.6 cm³/mol. The number of hydrogen-bond acceptors (Lipinski definition) is 6. The number of esters is 1. The van der Waals surface area contributed by atoms with E-state index in [1.165, 1.54) is 19.5 Å². The van der Waals surface area contributed by atoms with Gasteiger partial charge in [-0.3, -0.25) is 14.5 Å². The second kappa shape index (κ2) is 5.74. The van der Waals surface area contributed by atoms with Crippen LogP contribution in [0.1, 0.15) is 37.8 Å². The summed E-state index contributed by atoms with van der Waals surface area (Å²) in [6, 6.07) is 0. The van der Waals surface area contributed by atoms with E-state index < -0.39 is 21.9 Å². The van der Waals surface area contributed by atoms with Crippen molar-refractivity contribution in [1.82, 2.24) is 9.97 Å². The van der Waals surface area contributed by atoms with Crippen LogP contribution in [-0.2, 0) is 19.6 Å². The van der Waals surface area contributed by atoms with E-state index in [0.717, 1.165) is 0 Å². The van der Waals surface area contributed by atoms with E-state index in [2.05, 4.69) is 14.7 Å². The molecule has 0 aliphatic heterocycles. The molecule has 0 saturated heterocycles. The number of carbonyl (C=O) groups excluding carboxylic acids is 1. The van der Waals surface area contributed by atoms with Crippen molar-refractivity contribution in [3.8, 4) is 0 Å². The highest BCUT2D eigenvalue weighted by atomic mass is 32.2. The van der Waals surface area contributed by atoms with Crippen LogP contribution >= 0.6 is 0 Å². The number of ether oxygens (including phenoxy) is 1. The number of nitrogens with one attached hydrogen (secondary N) is 1. The van der Waals surface area contributed by atoms with E-state index in [-0.39, 0.29) is 11.1 Å². The Hall–Kier alpha value is -1.70. The molecule has 1 N–H and O–H groups in total. The van der Waals surface area contributed by atoms with Crippen LogP contribution in [0.15, 0.2) is 12.4 Å². The molecule has 0 aromatic carbocycles. The Morgan fingerprint density at radius 1 is 1.50 bits per heavy atom. The smallest absolute Gasteiger partial charge is 0.314 e. The lowest BCUT2D eigenvalue weighted by atomic mass is 10.0. The Bertz CT molecular complexity index is 598. The molecule has 1 unspecified atom stereocenters. The van der Waals surface area contributed by atoms with Crippen molar-refractivity contribution in [3.05, 3.63) is 18.1 Å². The molecule has 0 radical (unpaired) electrons. The summed E-state index contributed by atoms with van der Waals surface area (Å²) in [5.41, 5.74) is 0.398. The molecule has 0 spiro atoms. The van der Waals surface area contributed by atoms with E-state index >= 15 is 0 Å². The van der Waals surface area contributed by atoms with Gasteiger partial charge < -0.3 is 4.74 Å². The maximum absolute atomic E-state index is 11.8. The molecule has 1 fully saturated rings. The number of methoxy groups -OCH3 is 1. The molecule has 1 aliphatic rings. The summed E-state index contributed by atoms with van der Waals surface area (Å²) in [6.45, 7) is 1.82. The van der Waals surface area contributed by atoms with Crippen LogP contribution in [0.25, 0.3) is 0 Å². The Morgan fingerprint density at radius 2 is 2.20 bits per heavy atom. The lowest BCUT2D eigenvalue weighted by molar-refractivity contribution is -0.142. The van der Waals surface area contributed by atoms with Crippen LogP contribution in [0, 0.1) is 0 Å². The molecule has 20 heavy (non-hydrogen) atoms. The second-order valence-electron chi connectivity index (χ2n) is 4.66. The molecule has 1 heterocycles. The van der Waals surface area contributed by atoms with Gasteiger partial charge in [0.2, 0.25) is 10.0 Å². The standard InChI is InChI=1S/C12H17N3O4S/c1-3-9(12(16)19-2)10-6-13-7-11(14-10)15-20(17,18)8-4-5-8/h6-9H,3-5H2,1-2H3,(H,14,15). The average molecular weight is 299 g/mol. The largest absolute Gasteiger partial charge is 0.469 e. The van der Waals surface area contributed by atoms with Gasteiger partial charge in [-0.05, 0) is 19.3 Å². The van der Waals surface area contributed by atoms with E-state index in [9.17, 15) is 13.2 Å². The molecular formula is C12H17N3O4S. The Morgan fingerprint density at radius 3 is 2.75 bits per heavy atom. The first-order chi connectivity index (χ1) is 9.47. The molecule has 110 valence electrons. The summed E-state index contributed by atoms with van der Waals surface area (Å²) in [7, 11) is -2.08. The fraction of sp³-hybridized carbons (Fsp3) is 0.583. The van der Waals surface area contributed by atoms with E-state index in [1.807, 2.05) is 6.92 Å². The highest BCUT2D eigenvalue weighted by molar-refractivity contribution is 7.93. The van der Waals surface area contributed by atoms with Gasteiger partial charge in [-0.2, -0.15) is 0 Å². The van der Waals surface area contributed by atoms with Gasteiger partial charge in [0.15, 0.2) is 5.82 Å². The molecule has 2 rings (SSSR count). The minimum atomic E-state index is -3.38. The van der Waals surface area contributed by atoms with E-state index in [0.29, 0.717) is 25.0 Å². The third-order valence-corrected chi connectivity index (χ3v) is 4.96. The van der Waals surface area contributed by atoms with Gasteiger partial charge in [-0.1, -0.05) is 6.92 Å². The number of carbonyl (C=O) groups is 1. The maximum Gasteiger partial charge on any atom is 0.314 e. The van der Waals surface area contributed by atoms with Crippen molar-refractivity contribution in [1.29, 1.82) is 0 Å². The van der Waals surface area contributed by atoms with Gasteiger partial charge >= 0.3 is 5.97 Å². The Balaban J connectivity index is 2.21. The van der Waals surface area contributed by atoms with Crippen molar-refractivity contribution < 1.29 is 17.9 Å². The summed E-state index contributed by atoms with van der Waals surface area (Å²) >= 11 is 0. The normalized spacial score (nSPS) is 16.5. The molecule has 1 aromatic heterocycles. The fourth-order valence-electron chi connectivity index (χ4n) is 1.84. The molecule has 1 aliphatic carbocycles. The first kappa shape index (κ1) is 14.7. The summed E-state index contributed by atoms with van der Waals surface area (Å²) < 4.78 is 30.8. The quantitative estimate of drug-likeness (QED) is 0.788. The van der Waals surface area contributed by atoms with Crippen molar-refractivity contribution in [2.24, 2.45) is 0 Å². The molecule has 1 atom stereocenters. The van der Waals surface area contributed by atoms with E-state index in [4.69, 9.17) is 4.74 Å². The van der Waals surface area contributed by atoms with Gasteiger partial charge in [0.05, 0.1) is 24.3 Å². The summed E-state index contributed by atoms with van der Waals surface area (Å²) in [5, 5.41) is -0.337. The summed E-state index contributed by atoms with van der Waals surface area (Å²) in [5.74, 6) is -0.821. The first-order valence-corrected chi connectivity index (χ1v) is 7.94. The maximum atomic E-state index is 11.8. The second-order valence-corrected chi connectivity index (χ2v) is 6.62. The highest BCUT2D eigenvalue weighted by Gasteiger charge is 2.36. The molecular weight excluding hydrogens is 282 g/mol. The van der Waals surface area contributed by atoms with Crippen molar-refractivity contribution in [2.45, 2.75) is 37.4 Å². The predicted octanol–water partition coefficient (Wildman–Crippen LogP) is 1.05. The van der Waals surface area contributed by atoms with Gasteiger partial charge in [0.25, 0.3) is 0 Å². The third kappa shape index (κ3) is 3.24. The number of nitrogens with zero attached hydrogens (tertiary/aromatic N) is 2. The van der Waals surface area contributed by atoms with Crippen LogP contribution in [0.5, 0.6) is 0 Å². The average Bonchev–Trinajstić information content (AvgIpc) is 3.24. The zero-order chi connectivity index (χ0) is 14.8. The van der Waals surface area contributed by atoms with Gasteiger partial charge in [0.1, 0.15) is 5.92 Å². The van der Waals surface area contributed by atoms with Crippen LogP contribution in [-0.4, -0.2) is 36.7 Å². The molecule has 8 heteroatoms. The number of anilines is 1. The van der Waals surface area contributed by atoms with Crippen LogP contribution in [0.2, 0.25) is 0 Å². The van der Waals surface area contributed by atoms with Gasteiger partial charge in [0, 0.05) is 6.20 Å². The molecule has 1 saturated carbocycles. The minimum Gasteiger partial charge on any atom is -0.469 e. The zero-order valence-corrected chi connectivity index (χ0v) is 12.2. The van der Waals surface area contributed by atoms with Crippen LogP contribution in [0.4, 0.5) is 5.82 Å². The molecule has 7 nitrogen and oxygen atoms in total. The Kier molecular flexibility index (Phi) is 4.22. The van der Waals surface area contributed by atoms with Crippen molar-refractivity contribution >= 4 is 21.8 Å². The van der Waals surface area contributed by atoms with E-state index in [1.54, 1.807) is 0 Å². The monoisotopic (exact) mass is 299 g/mol. The molecule has 0 amide bonds. The number of hydrogen-bond donors (Lipinski definition) is 1. The minimum absolute atomic E-state index is 0.136. The number of aromatic nitrogens is 2. The number of rotatable bonds is 6. The van der Waals surface area contributed by atoms with Crippen molar-refractivity contribution in [3.63, 3.8) is 0 Å². The highest BCUT2D eigenvalue weighted by Crippen LogP contribution is 2.29. The summed E-state index contributed by atoms with van der Waals surface area (Å²) in [6.07, 6.45) is 4.61. The van der Waals surface area contributed by atoms with Gasteiger partial charge in [-0.25, -0.2) is 13.4 Å². The fourth-order valence-corrected chi connectivity index (χ4v) is 3.16. The van der Waals surface area contributed by atoms with Gasteiger partial charge in [-0.15, -0.1) is 0 Å². The van der Waals surface area contributed by atoms with Crippen LogP contribution in [0.3, 0.4) is 0 Å². The lowest BCUT2D eigenvalue weighted by Gasteiger charge is -2.13. The van der Waals surface area contributed by atoms with Crippen LogP contribution < -0.4 is 4.72 Å². The first-order valence-electron chi connectivity index (χ1n) is 6.39. The summed E-state index contributed by atoms with van der Waals surface area (Å²) in [4.78, 5) is 19.7.